The number of hydrogen-bond acceptors (Lipinski definition) is 2. The van der Waals surface area contributed by atoms with E-state index in [1.165, 1.54) is 0 Å². The van der Waals surface area contributed by atoms with Gasteiger partial charge < -0.3 is 14.8 Å². The molecule has 0 radical (unpaired) electrons. The first-order valence-electron chi connectivity index (χ1n) is 7.46. The van der Waals surface area contributed by atoms with Gasteiger partial charge in [-0.05, 0) is 36.2 Å². The van der Waals surface area contributed by atoms with Gasteiger partial charge in [-0.1, -0.05) is 15.9 Å². The Morgan fingerprint density at radius 1 is 1.32 bits per heavy atom. The minimum Gasteiger partial charge on any atom is -0.348 e. The number of carbonyl (C=O) groups is 1. The van der Waals surface area contributed by atoms with Crippen LogP contribution in [0, 0.1) is 0 Å². The summed E-state index contributed by atoms with van der Waals surface area (Å²) in [6.45, 7) is 2.22. The molecule has 2 aromatic heterocycles. The lowest BCUT2D eigenvalue weighted by molar-refractivity contribution is 0.169. The third-order valence-electron chi connectivity index (χ3n) is 3.91. The maximum Gasteiger partial charge on any atom is 0.318 e. The zero-order valence-corrected chi connectivity index (χ0v) is 13.9. The second kappa shape index (κ2) is 6.96. The molecule has 0 aromatic carbocycles. The van der Waals surface area contributed by atoms with Crippen molar-refractivity contribution in [2.75, 3.05) is 18.4 Å². The van der Waals surface area contributed by atoms with Crippen LogP contribution in [0.15, 0.2) is 42.9 Å². The zero-order valence-electron chi connectivity index (χ0n) is 12.3. The Kier molecular flexibility index (Phi) is 4.77. The number of rotatable bonds is 4. The monoisotopic (exact) mass is 362 g/mol. The van der Waals surface area contributed by atoms with Gasteiger partial charge in [0.15, 0.2) is 0 Å². The molecular formula is C16H19BrN4O. The average molecular weight is 363 g/mol. The number of carbonyl (C=O) groups excluding carboxylic acids is 1. The number of nitrogens with zero attached hydrogens (tertiary/aromatic N) is 3. The first kappa shape index (κ1) is 15.1. The van der Waals surface area contributed by atoms with Gasteiger partial charge in [0.25, 0.3) is 0 Å². The predicted molar refractivity (Wildman–Crippen MR) is 89.0 cm³/mol. The molecule has 3 rings (SSSR count). The standard InChI is InChI=1S/C16H19BrN4O/c17-6-2-7-19-16(22)21-12-11-20-10-1-3-14(20)15(21)13-4-8-18-9-5-13/h1,3-5,8-10,15H,2,6-7,11-12H2,(H,19,22)/t15-/m1/s1. The second-order valence-corrected chi connectivity index (χ2v) is 6.07. The highest BCUT2D eigenvalue weighted by molar-refractivity contribution is 9.09. The van der Waals surface area contributed by atoms with E-state index in [-0.39, 0.29) is 12.1 Å². The minimum atomic E-state index is -0.0595. The molecule has 22 heavy (non-hydrogen) atoms. The van der Waals surface area contributed by atoms with Gasteiger partial charge >= 0.3 is 6.03 Å². The summed E-state index contributed by atoms with van der Waals surface area (Å²) in [6, 6.07) is 8.02. The van der Waals surface area contributed by atoms with Crippen LogP contribution >= 0.6 is 15.9 Å². The predicted octanol–water partition coefficient (Wildman–Crippen LogP) is 2.78. The van der Waals surface area contributed by atoms with Crippen molar-refractivity contribution in [3.63, 3.8) is 0 Å². The molecule has 6 heteroatoms. The van der Waals surface area contributed by atoms with Gasteiger partial charge in [-0.15, -0.1) is 0 Å². The number of pyridine rings is 1. The SMILES string of the molecule is O=C(NCCCBr)N1CCn2cccc2[C@H]1c1ccncc1. The molecule has 116 valence electrons. The first-order chi connectivity index (χ1) is 10.8. The van der Waals surface area contributed by atoms with Crippen LogP contribution in [-0.2, 0) is 6.54 Å². The topological polar surface area (TPSA) is 50.2 Å². The molecule has 5 nitrogen and oxygen atoms in total. The normalized spacial score (nSPS) is 17.1. The third kappa shape index (κ3) is 3.02. The van der Waals surface area contributed by atoms with E-state index in [4.69, 9.17) is 0 Å². The molecule has 0 saturated carbocycles. The molecule has 0 bridgehead atoms. The van der Waals surface area contributed by atoms with E-state index < -0.39 is 0 Å². The van der Waals surface area contributed by atoms with Gasteiger partial charge in [0.05, 0.1) is 6.04 Å². The van der Waals surface area contributed by atoms with E-state index in [0.29, 0.717) is 13.1 Å². The molecule has 2 aromatic rings. The van der Waals surface area contributed by atoms with Gasteiger partial charge in [0.2, 0.25) is 0 Å². The Hall–Kier alpha value is -1.82. The summed E-state index contributed by atoms with van der Waals surface area (Å²) >= 11 is 3.39. The molecule has 1 N–H and O–H groups in total. The smallest absolute Gasteiger partial charge is 0.318 e. The van der Waals surface area contributed by atoms with Crippen LogP contribution < -0.4 is 5.32 Å². The lowest BCUT2D eigenvalue weighted by Gasteiger charge is -2.37. The molecule has 0 unspecified atom stereocenters. The molecule has 0 saturated heterocycles. The summed E-state index contributed by atoms with van der Waals surface area (Å²) < 4.78 is 2.22. The molecule has 0 fully saturated rings. The molecule has 1 aliphatic heterocycles. The molecule has 1 aliphatic rings. The number of urea groups is 1. The number of fused-ring (bicyclic) bond motifs is 1. The number of halogens is 1. The molecule has 1 atom stereocenters. The number of aromatic nitrogens is 2. The van der Waals surface area contributed by atoms with Crippen LogP contribution in [0.4, 0.5) is 4.79 Å². The van der Waals surface area contributed by atoms with Crippen molar-refractivity contribution in [1.82, 2.24) is 19.8 Å². The zero-order chi connectivity index (χ0) is 15.4. The maximum atomic E-state index is 12.6. The number of alkyl halides is 1. The second-order valence-electron chi connectivity index (χ2n) is 5.28. The quantitative estimate of drug-likeness (QED) is 0.671. The van der Waals surface area contributed by atoms with Crippen LogP contribution in [-0.4, -0.2) is 38.9 Å². The number of nitrogens with one attached hydrogen (secondary N) is 1. The molecule has 0 aliphatic carbocycles. The summed E-state index contributed by atoms with van der Waals surface area (Å²) in [4.78, 5) is 18.6. The Morgan fingerprint density at radius 2 is 2.14 bits per heavy atom. The fourth-order valence-corrected chi connectivity index (χ4v) is 3.14. The molecule has 3 heterocycles. The van der Waals surface area contributed by atoms with E-state index in [1.54, 1.807) is 12.4 Å². The van der Waals surface area contributed by atoms with Crippen molar-refractivity contribution in [3.8, 4) is 0 Å². The highest BCUT2D eigenvalue weighted by Crippen LogP contribution is 2.31. The van der Waals surface area contributed by atoms with Crippen LogP contribution in [0.1, 0.15) is 23.7 Å². The summed E-state index contributed by atoms with van der Waals surface area (Å²) in [6.07, 6.45) is 6.55. The fraction of sp³-hybridized carbons (Fsp3) is 0.375. The van der Waals surface area contributed by atoms with Crippen molar-refractivity contribution in [3.05, 3.63) is 54.1 Å². The Bertz CT molecular complexity index is 628. The van der Waals surface area contributed by atoms with E-state index in [9.17, 15) is 4.79 Å². The van der Waals surface area contributed by atoms with E-state index in [1.807, 2.05) is 23.1 Å². The minimum absolute atomic E-state index is 0.00443. The third-order valence-corrected chi connectivity index (χ3v) is 4.47. The molecule has 0 spiro atoms. The van der Waals surface area contributed by atoms with E-state index in [0.717, 1.165) is 29.6 Å². The van der Waals surface area contributed by atoms with E-state index >= 15 is 0 Å². The average Bonchev–Trinajstić information content (AvgIpc) is 3.03. The lowest BCUT2D eigenvalue weighted by atomic mass is 10.0. The summed E-state index contributed by atoms with van der Waals surface area (Å²) in [7, 11) is 0. The van der Waals surface area contributed by atoms with Crippen molar-refractivity contribution in [2.24, 2.45) is 0 Å². The van der Waals surface area contributed by atoms with Crippen LogP contribution in [0.25, 0.3) is 0 Å². The highest BCUT2D eigenvalue weighted by Gasteiger charge is 2.31. The van der Waals surface area contributed by atoms with Crippen LogP contribution in [0.2, 0.25) is 0 Å². The Labute approximate surface area is 138 Å². The van der Waals surface area contributed by atoms with Crippen molar-refractivity contribution in [1.29, 1.82) is 0 Å². The first-order valence-corrected chi connectivity index (χ1v) is 8.59. The van der Waals surface area contributed by atoms with Crippen LogP contribution in [0.5, 0.6) is 0 Å². The largest absolute Gasteiger partial charge is 0.348 e. The summed E-state index contributed by atoms with van der Waals surface area (Å²) in [5.41, 5.74) is 2.23. The molecular weight excluding hydrogens is 344 g/mol. The fourth-order valence-electron chi connectivity index (χ4n) is 2.86. The number of hydrogen-bond donors (Lipinski definition) is 1. The van der Waals surface area contributed by atoms with Crippen molar-refractivity contribution >= 4 is 22.0 Å². The van der Waals surface area contributed by atoms with Gasteiger partial charge in [-0.3, -0.25) is 4.98 Å². The van der Waals surface area contributed by atoms with Crippen LogP contribution in [0.3, 0.4) is 0 Å². The highest BCUT2D eigenvalue weighted by atomic mass is 79.9. The maximum absolute atomic E-state index is 12.6. The Morgan fingerprint density at radius 3 is 2.91 bits per heavy atom. The van der Waals surface area contributed by atoms with Crippen molar-refractivity contribution < 1.29 is 4.79 Å². The lowest BCUT2D eigenvalue weighted by Crippen LogP contribution is -2.47. The van der Waals surface area contributed by atoms with Gasteiger partial charge in [0, 0.05) is 49.2 Å². The Balaban J connectivity index is 1.87. The van der Waals surface area contributed by atoms with Gasteiger partial charge in [-0.2, -0.15) is 0 Å². The molecule has 2 amide bonds. The number of amides is 2. The van der Waals surface area contributed by atoms with Gasteiger partial charge in [0.1, 0.15) is 0 Å². The summed E-state index contributed by atoms with van der Waals surface area (Å²) in [5, 5.41) is 3.90. The van der Waals surface area contributed by atoms with Gasteiger partial charge in [-0.25, -0.2) is 4.79 Å². The van der Waals surface area contributed by atoms with E-state index in [2.05, 4.69) is 43.1 Å². The van der Waals surface area contributed by atoms with Crippen molar-refractivity contribution in [2.45, 2.75) is 19.0 Å². The summed E-state index contributed by atoms with van der Waals surface area (Å²) in [5.74, 6) is 0.